The Bertz CT molecular complexity index is 1060. The molecule has 0 spiro atoms. The van der Waals surface area contributed by atoms with Crippen LogP contribution in [0.25, 0.3) is 11.3 Å². The first kappa shape index (κ1) is 22.1. The zero-order valence-electron chi connectivity index (χ0n) is 19.1. The topological polar surface area (TPSA) is 56.6 Å². The van der Waals surface area contributed by atoms with Crippen LogP contribution in [-0.4, -0.2) is 40.8 Å². The fourth-order valence-corrected chi connectivity index (χ4v) is 4.01. The van der Waals surface area contributed by atoms with Crippen molar-refractivity contribution < 1.29 is 14.3 Å². The first-order chi connectivity index (χ1) is 15.6. The number of carbonyl (C=O) groups is 1. The number of rotatable bonds is 9. The summed E-state index contributed by atoms with van der Waals surface area (Å²) in [5, 5.41) is 4.79. The third kappa shape index (κ3) is 4.86. The minimum absolute atomic E-state index is 0.116. The Hall–Kier alpha value is -3.12. The van der Waals surface area contributed by atoms with Gasteiger partial charge in [0.2, 0.25) is 11.8 Å². The molecular formula is C26H31N3O3. The normalized spacial score (nSPS) is 13.6. The van der Waals surface area contributed by atoms with Crippen LogP contribution in [0.15, 0.2) is 54.6 Å². The lowest BCUT2D eigenvalue weighted by Gasteiger charge is -2.31. The van der Waals surface area contributed by atoms with E-state index < -0.39 is 0 Å². The Labute approximate surface area is 189 Å². The molecule has 1 aliphatic rings. The molecule has 1 amide bonds. The molecule has 32 heavy (non-hydrogen) atoms. The molecule has 0 N–H and O–H groups in total. The van der Waals surface area contributed by atoms with Crippen LogP contribution in [0.2, 0.25) is 0 Å². The maximum Gasteiger partial charge on any atom is 0.226 e. The Morgan fingerprint density at radius 2 is 1.94 bits per heavy atom. The van der Waals surface area contributed by atoms with E-state index in [1.165, 1.54) is 0 Å². The van der Waals surface area contributed by atoms with Crippen molar-refractivity contribution in [1.29, 1.82) is 0 Å². The molecule has 1 fully saturated rings. The van der Waals surface area contributed by atoms with Gasteiger partial charge in [0.1, 0.15) is 11.4 Å². The summed E-state index contributed by atoms with van der Waals surface area (Å²) in [5.41, 5.74) is 3.86. The van der Waals surface area contributed by atoms with Crippen molar-refractivity contribution in [3.05, 3.63) is 65.7 Å². The fraction of sp³-hybridized carbons (Fsp3) is 0.385. The highest BCUT2D eigenvalue weighted by Crippen LogP contribution is 2.35. The molecule has 0 saturated heterocycles. The second-order valence-corrected chi connectivity index (χ2v) is 8.42. The lowest BCUT2D eigenvalue weighted by Crippen LogP contribution is -2.40. The average molecular weight is 434 g/mol. The number of aryl methyl sites for hydroxylation is 2. The van der Waals surface area contributed by atoms with Gasteiger partial charge in [-0.2, -0.15) is 5.10 Å². The summed E-state index contributed by atoms with van der Waals surface area (Å²) >= 11 is 0. The summed E-state index contributed by atoms with van der Waals surface area (Å²) < 4.78 is 13.4. The molecule has 0 radical (unpaired) electrons. The van der Waals surface area contributed by atoms with E-state index in [0.717, 1.165) is 47.4 Å². The van der Waals surface area contributed by atoms with Gasteiger partial charge in [-0.3, -0.25) is 4.79 Å². The van der Waals surface area contributed by atoms with Gasteiger partial charge in [0, 0.05) is 32.2 Å². The van der Waals surface area contributed by atoms with Crippen LogP contribution in [0.1, 0.15) is 30.4 Å². The average Bonchev–Trinajstić information content (AvgIpc) is 3.05. The largest absolute Gasteiger partial charge is 0.439 e. The summed E-state index contributed by atoms with van der Waals surface area (Å²) in [5.74, 6) is 1.71. The Kier molecular flexibility index (Phi) is 6.90. The van der Waals surface area contributed by atoms with E-state index in [1.54, 1.807) is 11.8 Å². The minimum atomic E-state index is 0.116. The standard InChI is InChI=1S/C26H31N3O3/c1-19-9-7-14-22(17-19)32-26-23(24(27-28(26)2)20-10-5-4-6-11-20)18-29(15-16-31-3)25(30)21-12-8-13-21/h4-7,9-11,14,17,21H,8,12-13,15-16,18H2,1-3H3. The highest BCUT2D eigenvalue weighted by atomic mass is 16.5. The van der Waals surface area contributed by atoms with E-state index in [0.29, 0.717) is 25.6 Å². The number of methoxy groups -OCH3 is 1. The van der Waals surface area contributed by atoms with E-state index in [9.17, 15) is 4.79 Å². The number of hydrogen-bond donors (Lipinski definition) is 0. The van der Waals surface area contributed by atoms with Crippen LogP contribution < -0.4 is 4.74 Å². The van der Waals surface area contributed by atoms with E-state index in [4.69, 9.17) is 14.6 Å². The third-order valence-electron chi connectivity index (χ3n) is 6.02. The molecular weight excluding hydrogens is 402 g/mol. The van der Waals surface area contributed by atoms with Crippen LogP contribution >= 0.6 is 0 Å². The van der Waals surface area contributed by atoms with Crippen molar-refractivity contribution in [1.82, 2.24) is 14.7 Å². The molecule has 4 rings (SSSR count). The first-order valence-corrected chi connectivity index (χ1v) is 11.2. The quantitative estimate of drug-likeness (QED) is 0.478. The summed E-state index contributed by atoms with van der Waals surface area (Å²) in [4.78, 5) is 15.1. The van der Waals surface area contributed by atoms with Crippen molar-refractivity contribution in [2.45, 2.75) is 32.7 Å². The summed E-state index contributed by atoms with van der Waals surface area (Å²) in [6, 6.07) is 18.0. The van der Waals surface area contributed by atoms with Gasteiger partial charge >= 0.3 is 0 Å². The molecule has 0 unspecified atom stereocenters. The van der Waals surface area contributed by atoms with Crippen LogP contribution in [0.4, 0.5) is 0 Å². The minimum Gasteiger partial charge on any atom is -0.439 e. The van der Waals surface area contributed by atoms with Gasteiger partial charge in [-0.25, -0.2) is 4.68 Å². The first-order valence-electron chi connectivity index (χ1n) is 11.2. The second-order valence-electron chi connectivity index (χ2n) is 8.42. The molecule has 1 aromatic heterocycles. The molecule has 0 aliphatic heterocycles. The highest BCUT2D eigenvalue weighted by Gasteiger charge is 2.31. The zero-order chi connectivity index (χ0) is 22.5. The molecule has 0 bridgehead atoms. The van der Waals surface area contributed by atoms with Crippen molar-refractivity contribution in [2.75, 3.05) is 20.3 Å². The van der Waals surface area contributed by atoms with Crippen LogP contribution in [-0.2, 0) is 23.1 Å². The SMILES string of the molecule is COCCN(Cc1c(-c2ccccc2)nn(C)c1Oc1cccc(C)c1)C(=O)C1CCC1. The molecule has 168 valence electrons. The summed E-state index contributed by atoms with van der Waals surface area (Å²) in [6.45, 7) is 3.50. The van der Waals surface area contributed by atoms with Crippen molar-refractivity contribution in [3.63, 3.8) is 0 Å². The third-order valence-corrected chi connectivity index (χ3v) is 6.02. The van der Waals surface area contributed by atoms with E-state index in [-0.39, 0.29) is 11.8 Å². The molecule has 6 nitrogen and oxygen atoms in total. The van der Waals surface area contributed by atoms with Crippen molar-refractivity contribution >= 4 is 5.91 Å². The number of nitrogens with zero attached hydrogens (tertiary/aromatic N) is 3. The summed E-state index contributed by atoms with van der Waals surface area (Å²) in [7, 11) is 3.55. The Morgan fingerprint density at radius 1 is 1.16 bits per heavy atom. The van der Waals surface area contributed by atoms with Gasteiger partial charge < -0.3 is 14.4 Å². The molecule has 1 aliphatic carbocycles. The maximum absolute atomic E-state index is 13.2. The van der Waals surface area contributed by atoms with Gasteiger partial charge in [-0.15, -0.1) is 0 Å². The molecule has 2 aromatic carbocycles. The van der Waals surface area contributed by atoms with Gasteiger partial charge in [-0.05, 0) is 37.5 Å². The monoisotopic (exact) mass is 433 g/mol. The van der Waals surface area contributed by atoms with E-state index >= 15 is 0 Å². The maximum atomic E-state index is 13.2. The highest BCUT2D eigenvalue weighted by molar-refractivity contribution is 5.80. The zero-order valence-corrected chi connectivity index (χ0v) is 19.1. The number of benzene rings is 2. The predicted molar refractivity (Wildman–Crippen MR) is 125 cm³/mol. The molecule has 1 saturated carbocycles. The number of amides is 1. The lowest BCUT2D eigenvalue weighted by molar-refractivity contribution is -0.139. The van der Waals surface area contributed by atoms with Gasteiger partial charge in [0.05, 0.1) is 18.7 Å². The predicted octanol–water partition coefficient (Wildman–Crippen LogP) is 4.96. The smallest absolute Gasteiger partial charge is 0.226 e. The van der Waals surface area contributed by atoms with Crippen LogP contribution in [0.5, 0.6) is 11.6 Å². The van der Waals surface area contributed by atoms with Crippen LogP contribution in [0.3, 0.4) is 0 Å². The molecule has 3 aromatic rings. The molecule has 0 atom stereocenters. The lowest BCUT2D eigenvalue weighted by atomic mass is 9.84. The van der Waals surface area contributed by atoms with Crippen molar-refractivity contribution in [3.8, 4) is 22.9 Å². The van der Waals surface area contributed by atoms with Crippen LogP contribution in [0, 0.1) is 12.8 Å². The number of ether oxygens (including phenoxy) is 2. The number of carbonyl (C=O) groups excluding carboxylic acids is 1. The molecule has 1 heterocycles. The van der Waals surface area contributed by atoms with E-state index in [2.05, 4.69) is 0 Å². The number of hydrogen-bond acceptors (Lipinski definition) is 4. The second kappa shape index (κ2) is 10.0. The van der Waals surface area contributed by atoms with Gasteiger partial charge in [-0.1, -0.05) is 48.9 Å². The Balaban J connectivity index is 1.73. The summed E-state index contributed by atoms with van der Waals surface area (Å²) in [6.07, 6.45) is 3.06. The van der Waals surface area contributed by atoms with Crippen molar-refractivity contribution in [2.24, 2.45) is 13.0 Å². The fourth-order valence-electron chi connectivity index (χ4n) is 4.01. The van der Waals surface area contributed by atoms with Gasteiger partial charge in [0.15, 0.2) is 0 Å². The van der Waals surface area contributed by atoms with E-state index in [1.807, 2.05) is 73.5 Å². The van der Waals surface area contributed by atoms with Gasteiger partial charge in [0.25, 0.3) is 0 Å². The number of aromatic nitrogens is 2. The molecule has 6 heteroatoms. The Morgan fingerprint density at radius 3 is 2.59 bits per heavy atom.